The summed E-state index contributed by atoms with van der Waals surface area (Å²) >= 11 is 2.13. The predicted octanol–water partition coefficient (Wildman–Crippen LogP) is 2.94. The van der Waals surface area contributed by atoms with Crippen LogP contribution in [0.2, 0.25) is 0 Å². The summed E-state index contributed by atoms with van der Waals surface area (Å²) in [7, 11) is 0. The van der Waals surface area contributed by atoms with E-state index in [1.807, 2.05) is 6.20 Å². The number of aromatic nitrogens is 1. The zero-order valence-corrected chi connectivity index (χ0v) is 11.0. The molecular formula is C14H20N2S. The number of rotatable bonds is 3. The van der Waals surface area contributed by atoms with Crippen molar-refractivity contribution in [2.24, 2.45) is 0 Å². The van der Waals surface area contributed by atoms with Gasteiger partial charge in [0.2, 0.25) is 0 Å². The molecule has 3 heteroatoms. The molecule has 0 aromatic carbocycles. The Labute approximate surface area is 108 Å². The molecule has 3 rings (SSSR count). The Morgan fingerprint density at radius 2 is 2.35 bits per heavy atom. The molecule has 0 radical (unpaired) electrons. The van der Waals surface area contributed by atoms with Crippen LogP contribution in [0.5, 0.6) is 0 Å². The van der Waals surface area contributed by atoms with Gasteiger partial charge in [0.1, 0.15) is 0 Å². The number of thioether (sulfide) groups is 1. The summed E-state index contributed by atoms with van der Waals surface area (Å²) in [5, 5.41) is 4.57. The average Bonchev–Trinajstić information content (AvgIpc) is 2.89. The minimum Gasteiger partial charge on any atom is -0.308 e. The van der Waals surface area contributed by atoms with Crippen molar-refractivity contribution in [3.8, 4) is 0 Å². The molecule has 1 aromatic heterocycles. The van der Waals surface area contributed by atoms with Gasteiger partial charge in [0.15, 0.2) is 0 Å². The van der Waals surface area contributed by atoms with Gasteiger partial charge in [-0.25, -0.2) is 0 Å². The third kappa shape index (κ3) is 2.66. The van der Waals surface area contributed by atoms with E-state index in [0.29, 0.717) is 6.04 Å². The van der Waals surface area contributed by atoms with Crippen LogP contribution in [-0.2, 0) is 6.42 Å². The van der Waals surface area contributed by atoms with Crippen LogP contribution in [0, 0.1) is 0 Å². The molecule has 1 aromatic rings. The topological polar surface area (TPSA) is 24.9 Å². The number of pyridine rings is 1. The van der Waals surface area contributed by atoms with Crippen LogP contribution in [0.4, 0.5) is 0 Å². The summed E-state index contributed by atoms with van der Waals surface area (Å²) < 4.78 is 0. The number of hydrogen-bond acceptors (Lipinski definition) is 3. The minimum atomic E-state index is 0.501. The lowest BCUT2D eigenvalue weighted by Crippen LogP contribution is -2.31. The van der Waals surface area contributed by atoms with E-state index in [0.717, 1.165) is 11.8 Å². The standard InChI is InChI=1S/C14H20N2S/c1-4-11-5-2-8-15-14(11)13(7-1)16-10-12-6-3-9-17-12/h2,5,8,12-13,16H,1,3-4,6-7,9-10H2. The molecule has 92 valence electrons. The van der Waals surface area contributed by atoms with Crippen molar-refractivity contribution in [2.75, 3.05) is 12.3 Å². The van der Waals surface area contributed by atoms with Gasteiger partial charge >= 0.3 is 0 Å². The molecule has 17 heavy (non-hydrogen) atoms. The Morgan fingerprint density at radius 1 is 1.35 bits per heavy atom. The van der Waals surface area contributed by atoms with Crippen molar-refractivity contribution in [1.82, 2.24) is 10.3 Å². The molecule has 2 heterocycles. The van der Waals surface area contributed by atoms with Gasteiger partial charge in [0.05, 0.1) is 5.69 Å². The van der Waals surface area contributed by atoms with Gasteiger partial charge in [-0.2, -0.15) is 11.8 Å². The van der Waals surface area contributed by atoms with Gasteiger partial charge in [-0.1, -0.05) is 6.07 Å². The highest BCUT2D eigenvalue weighted by Crippen LogP contribution is 2.30. The summed E-state index contributed by atoms with van der Waals surface area (Å²) in [5.74, 6) is 1.35. The number of fused-ring (bicyclic) bond motifs is 1. The molecule has 1 saturated heterocycles. The Kier molecular flexibility index (Phi) is 3.67. The van der Waals surface area contributed by atoms with E-state index in [4.69, 9.17) is 0 Å². The molecule has 1 fully saturated rings. The SMILES string of the molecule is c1cnc2c(c1)CCCC2NCC1CCCS1. The van der Waals surface area contributed by atoms with Crippen LogP contribution in [0.15, 0.2) is 18.3 Å². The molecule has 0 saturated carbocycles. The Hall–Kier alpha value is -0.540. The van der Waals surface area contributed by atoms with E-state index in [9.17, 15) is 0 Å². The highest BCUT2D eigenvalue weighted by Gasteiger charge is 2.23. The highest BCUT2D eigenvalue weighted by molar-refractivity contribution is 8.00. The zero-order valence-electron chi connectivity index (χ0n) is 10.2. The van der Waals surface area contributed by atoms with Gasteiger partial charge in [-0.15, -0.1) is 0 Å². The molecule has 2 nitrogen and oxygen atoms in total. The van der Waals surface area contributed by atoms with E-state index in [-0.39, 0.29) is 0 Å². The lowest BCUT2D eigenvalue weighted by atomic mass is 9.92. The van der Waals surface area contributed by atoms with Crippen LogP contribution in [0.1, 0.15) is 43.0 Å². The first-order chi connectivity index (χ1) is 8.43. The van der Waals surface area contributed by atoms with Gasteiger partial charge in [0, 0.05) is 24.0 Å². The molecule has 2 aliphatic rings. The molecular weight excluding hydrogens is 228 g/mol. The van der Waals surface area contributed by atoms with Crippen molar-refractivity contribution >= 4 is 11.8 Å². The Morgan fingerprint density at radius 3 is 3.24 bits per heavy atom. The van der Waals surface area contributed by atoms with Crippen LogP contribution in [0.3, 0.4) is 0 Å². The van der Waals surface area contributed by atoms with Crippen molar-refractivity contribution in [3.05, 3.63) is 29.6 Å². The first-order valence-electron chi connectivity index (χ1n) is 6.72. The van der Waals surface area contributed by atoms with Crippen molar-refractivity contribution in [1.29, 1.82) is 0 Å². The molecule has 0 amide bonds. The third-order valence-corrected chi connectivity index (χ3v) is 5.21. The van der Waals surface area contributed by atoms with Crippen LogP contribution in [-0.4, -0.2) is 22.5 Å². The normalized spacial score (nSPS) is 28.0. The van der Waals surface area contributed by atoms with E-state index in [1.165, 1.54) is 49.1 Å². The smallest absolute Gasteiger partial charge is 0.0605 e. The monoisotopic (exact) mass is 248 g/mol. The fourth-order valence-corrected chi connectivity index (χ4v) is 4.10. The van der Waals surface area contributed by atoms with Gasteiger partial charge in [-0.05, 0) is 49.5 Å². The average molecular weight is 248 g/mol. The minimum absolute atomic E-state index is 0.501. The second-order valence-corrected chi connectivity index (χ2v) is 6.44. The number of nitrogens with zero attached hydrogens (tertiary/aromatic N) is 1. The van der Waals surface area contributed by atoms with E-state index >= 15 is 0 Å². The quantitative estimate of drug-likeness (QED) is 0.890. The second kappa shape index (κ2) is 5.40. The van der Waals surface area contributed by atoms with E-state index in [1.54, 1.807) is 0 Å². The lowest BCUT2D eigenvalue weighted by Gasteiger charge is -2.26. The maximum atomic E-state index is 4.58. The van der Waals surface area contributed by atoms with Crippen LogP contribution >= 0.6 is 11.8 Å². The fraction of sp³-hybridized carbons (Fsp3) is 0.643. The molecule has 1 N–H and O–H groups in total. The van der Waals surface area contributed by atoms with Crippen LogP contribution < -0.4 is 5.32 Å². The third-order valence-electron chi connectivity index (χ3n) is 3.81. The maximum Gasteiger partial charge on any atom is 0.0605 e. The first kappa shape index (κ1) is 11.5. The number of hydrogen-bond donors (Lipinski definition) is 1. The van der Waals surface area contributed by atoms with E-state index < -0.39 is 0 Å². The van der Waals surface area contributed by atoms with Gasteiger partial charge in [0.25, 0.3) is 0 Å². The fourth-order valence-electron chi connectivity index (χ4n) is 2.89. The van der Waals surface area contributed by atoms with Gasteiger partial charge in [-0.3, -0.25) is 4.98 Å². The summed E-state index contributed by atoms with van der Waals surface area (Å²) in [6.45, 7) is 1.16. The maximum absolute atomic E-state index is 4.58. The Balaban J connectivity index is 1.64. The summed E-state index contributed by atoms with van der Waals surface area (Å²) in [6, 6.07) is 4.80. The van der Waals surface area contributed by atoms with Gasteiger partial charge < -0.3 is 5.32 Å². The molecule has 0 spiro atoms. The predicted molar refractivity (Wildman–Crippen MR) is 73.4 cm³/mol. The molecule has 1 aliphatic heterocycles. The van der Waals surface area contributed by atoms with Crippen molar-refractivity contribution in [3.63, 3.8) is 0 Å². The summed E-state index contributed by atoms with van der Waals surface area (Å²) in [4.78, 5) is 4.58. The van der Waals surface area contributed by atoms with Crippen LogP contribution in [0.25, 0.3) is 0 Å². The lowest BCUT2D eigenvalue weighted by molar-refractivity contribution is 0.446. The molecule has 2 unspecified atom stereocenters. The highest BCUT2D eigenvalue weighted by atomic mass is 32.2. The number of nitrogens with one attached hydrogen (secondary N) is 1. The molecule has 1 aliphatic carbocycles. The van der Waals surface area contributed by atoms with Crippen molar-refractivity contribution < 1.29 is 0 Å². The zero-order chi connectivity index (χ0) is 11.5. The molecule has 0 bridgehead atoms. The molecule has 2 atom stereocenters. The summed E-state index contributed by atoms with van der Waals surface area (Å²) in [5.41, 5.74) is 2.76. The summed E-state index contributed by atoms with van der Waals surface area (Å²) in [6.07, 6.45) is 8.48. The first-order valence-corrected chi connectivity index (χ1v) is 7.77. The van der Waals surface area contributed by atoms with E-state index in [2.05, 4.69) is 34.2 Å². The van der Waals surface area contributed by atoms with Crippen molar-refractivity contribution in [2.45, 2.75) is 43.4 Å². The Bertz CT molecular complexity index is 374. The largest absolute Gasteiger partial charge is 0.308 e. The number of aryl methyl sites for hydroxylation is 1. The second-order valence-electron chi connectivity index (χ2n) is 5.04.